The Bertz CT molecular complexity index is 458. The molecule has 3 rings (SSSR count). The van der Waals surface area contributed by atoms with E-state index in [4.69, 9.17) is 11.0 Å². The van der Waals surface area contributed by atoms with Gasteiger partial charge in [0, 0.05) is 19.0 Å². The molecule has 0 amide bonds. The molecule has 0 radical (unpaired) electrons. The minimum Gasteiger partial charge on any atom is -0.397 e. The van der Waals surface area contributed by atoms with Crippen LogP contribution in [0.2, 0.25) is 0 Å². The molecule has 18 heavy (non-hydrogen) atoms. The highest BCUT2D eigenvalue weighted by Crippen LogP contribution is 2.52. The fourth-order valence-electron chi connectivity index (χ4n) is 3.28. The predicted molar refractivity (Wildman–Crippen MR) is 70.9 cm³/mol. The van der Waals surface area contributed by atoms with Gasteiger partial charge in [0.05, 0.1) is 18.0 Å². The first-order valence-corrected chi connectivity index (χ1v) is 6.57. The molecule has 1 aromatic heterocycles. The van der Waals surface area contributed by atoms with Crippen LogP contribution < -0.4 is 10.6 Å². The Labute approximate surface area is 107 Å². The summed E-state index contributed by atoms with van der Waals surface area (Å²) in [7, 11) is 0. The SMILES string of the molecule is N#CC1CC2(CCN(c3ccc(N)cn3)CC2)C1. The van der Waals surface area contributed by atoms with E-state index in [9.17, 15) is 0 Å². The van der Waals surface area contributed by atoms with E-state index < -0.39 is 0 Å². The second kappa shape index (κ2) is 4.16. The second-order valence-corrected chi connectivity index (χ2v) is 5.67. The van der Waals surface area contributed by atoms with Crippen molar-refractivity contribution in [3.8, 4) is 6.07 Å². The van der Waals surface area contributed by atoms with Crippen LogP contribution in [-0.2, 0) is 0 Å². The van der Waals surface area contributed by atoms with E-state index in [1.54, 1.807) is 6.20 Å². The molecule has 1 saturated carbocycles. The summed E-state index contributed by atoms with van der Waals surface area (Å²) in [5.41, 5.74) is 6.82. The first-order chi connectivity index (χ1) is 8.71. The molecule has 4 nitrogen and oxygen atoms in total. The Morgan fingerprint density at radius 2 is 2.06 bits per heavy atom. The lowest BCUT2D eigenvalue weighted by molar-refractivity contribution is 0.0564. The van der Waals surface area contributed by atoms with E-state index in [2.05, 4.69) is 16.0 Å². The average Bonchev–Trinajstić information content (AvgIpc) is 2.37. The third-order valence-electron chi connectivity index (χ3n) is 4.46. The maximum Gasteiger partial charge on any atom is 0.128 e. The van der Waals surface area contributed by atoms with Crippen LogP contribution in [0.4, 0.5) is 11.5 Å². The van der Waals surface area contributed by atoms with Crippen molar-refractivity contribution < 1.29 is 0 Å². The first kappa shape index (κ1) is 11.3. The number of hydrogen-bond donors (Lipinski definition) is 1. The fourth-order valence-corrected chi connectivity index (χ4v) is 3.28. The van der Waals surface area contributed by atoms with Crippen LogP contribution in [0.5, 0.6) is 0 Å². The van der Waals surface area contributed by atoms with Crippen LogP contribution in [0.1, 0.15) is 25.7 Å². The second-order valence-electron chi connectivity index (χ2n) is 5.67. The normalized spacial score (nSPS) is 22.5. The van der Waals surface area contributed by atoms with Gasteiger partial charge < -0.3 is 10.6 Å². The molecule has 0 atom stereocenters. The van der Waals surface area contributed by atoms with Gasteiger partial charge in [-0.1, -0.05) is 0 Å². The molecule has 2 fully saturated rings. The largest absolute Gasteiger partial charge is 0.397 e. The molecule has 94 valence electrons. The van der Waals surface area contributed by atoms with Gasteiger partial charge in [-0.2, -0.15) is 5.26 Å². The summed E-state index contributed by atoms with van der Waals surface area (Å²) in [5, 5.41) is 8.87. The van der Waals surface area contributed by atoms with E-state index in [0.717, 1.165) is 31.7 Å². The lowest BCUT2D eigenvalue weighted by atomic mass is 9.58. The Hall–Kier alpha value is -1.76. The zero-order chi connectivity index (χ0) is 12.6. The van der Waals surface area contributed by atoms with Crippen LogP contribution in [0, 0.1) is 22.7 Å². The number of anilines is 2. The molecule has 2 aliphatic rings. The summed E-state index contributed by atoms with van der Waals surface area (Å²) in [6.07, 6.45) is 6.31. The first-order valence-electron chi connectivity index (χ1n) is 6.57. The van der Waals surface area contributed by atoms with Gasteiger partial charge in [-0.15, -0.1) is 0 Å². The summed E-state index contributed by atoms with van der Waals surface area (Å²) in [4.78, 5) is 6.70. The number of nitrogens with two attached hydrogens (primary N) is 1. The van der Waals surface area contributed by atoms with Crippen molar-refractivity contribution in [2.75, 3.05) is 23.7 Å². The smallest absolute Gasteiger partial charge is 0.128 e. The molecule has 1 spiro atoms. The standard InChI is InChI=1S/C14H18N4/c15-9-11-7-14(8-11)3-5-18(6-4-14)13-2-1-12(16)10-17-13/h1-2,10-11H,3-8,16H2. The van der Waals surface area contributed by atoms with Crippen molar-refractivity contribution in [3.63, 3.8) is 0 Å². The maximum atomic E-state index is 8.87. The van der Waals surface area contributed by atoms with Gasteiger partial charge in [0.1, 0.15) is 5.82 Å². The van der Waals surface area contributed by atoms with Gasteiger partial charge in [-0.3, -0.25) is 0 Å². The molecule has 0 bridgehead atoms. The van der Waals surface area contributed by atoms with Crippen LogP contribution in [-0.4, -0.2) is 18.1 Å². The summed E-state index contributed by atoms with van der Waals surface area (Å²) < 4.78 is 0. The van der Waals surface area contributed by atoms with Gasteiger partial charge in [-0.05, 0) is 43.2 Å². The van der Waals surface area contributed by atoms with Gasteiger partial charge in [-0.25, -0.2) is 4.98 Å². The van der Waals surface area contributed by atoms with Crippen molar-refractivity contribution in [2.24, 2.45) is 11.3 Å². The minimum absolute atomic E-state index is 0.311. The molecular formula is C14H18N4. The lowest BCUT2D eigenvalue weighted by Crippen LogP contribution is -2.47. The van der Waals surface area contributed by atoms with E-state index >= 15 is 0 Å². The molecule has 0 unspecified atom stereocenters. The van der Waals surface area contributed by atoms with Crippen molar-refractivity contribution >= 4 is 11.5 Å². The monoisotopic (exact) mass is 242 g/mol. The third kappa shape index (κ3) is 1.90. The quantitative estimate of drug-likeness (QED) is 0.819. The molecular weight excluding hydrogens is 224 g/mol. The fraction of sp³-hybridized carbons (Fsp3) is 0.571. The van der Waals surface area contributed by atoms with Gasteiger partial charge in [0.15, 0.2) is 0 Å². The van der Waals surface area contributed by atoms with E-state index in [0.29, 0.717) is 17.0 Å². The number of rotatable bonds is 1. The van der Waals surface area contributed by atoms with Gasteiger partial charge in [0.2, 0.25) is 0 Å². The highest BCUT2D eigenvalue weighted by molar-refractivity contribution is 5.46. The van der Waals surface area contributed by atoms with E-state index in [-0.39, 0.29) is 0 Å². The molecule has 0 aromatic carbocycles. The number of pyridine rings is 1. The van der Waals surface area contributed by atoms with Gasteiger partial charge >= 0.3 is 0 Å². The zero-order valence-corrected chi connectivity index (χ0v) is 10.5. The summed E-state index contributed by atoms with van der Waals surface area (Å²) in [5.74, 6) is 1.33. The Balaban J connectivity index is 1.61. The molecule has 1 saturated heterocycles. The number of hydrogen-bond acceptors (Lipinski definition) is 4. The van der Waals surface area contributed by atoms with Crippen LogP contribution in [0.15, 0.2) is 18.3 Å². The van der Waals surface area contributed by atoms with Crippen LogP contribution in [0.25, 0.3) is 0 Å². The minimum atomic E-state index is 0.311. The number of piperidine rings is 1. The molecule has 2 N–H and O–H groups in total. The topological polar surface area (TPSA) is 65.9 Å². The predicted octanol–water partition coefficient (Wildman–Crippen LogP) is 2.18. The number of aromatic nitrogens is 1. The van der Waals surface area contributed by atoms with Crippen molar-refractivity contribution in [3.05, 3.63) is 18.3 Å². The molecule has 1 aliphatic heterocycles. The summed E-state index contributed by atoms with van der Waals surface area (Å²) in [6.45, 7) is 2.10. The molecule has 1 aliphatic carbocycles. The number of nitriles is 1. The molecule has 2 heterocycles. The Morgan fingerprint density at radius 1 is 1.33 bits per heavy atom. The van der Waals surface area contributed by atoms with Crippen molar-refractivity contribution in [1.82, 2.24) is 4.98 Å². The van der Waals surface area contributed by atoms with E-state index in [1.807, 2.05) is 12.1 Å². The average molecular weight is 242 g/mol. The third-order valence-corrected chi connectivity index (χ3v) is 4.46. The number of nitrogens with zero attached hydrogens (tertiary/aromatic N) is 3. The molecule has 4 heteroatoms. The maximum absolute atomic E-state index is 8.87. The van der Waals surface area contributed by atoms with Gasteiger partial charge in [0.25, 0.3) is 0 Å². The zero-order valence-electron chi connectivity index (χ0n) is 10.5. The van der Waals surface area contributed by atoms with Crippen LogP contribution >= 0.6 is 0 Å². The van der Waals surface area contributed by atoms with Crippen molar-refractivity contribution in [2.45, 2.75) is 25.7 Å². The summed E-state index contributed by atoms with van der Waals surface area (Å²) in [6, 6.07) is 6.28. The Morgan fingerprint density at radius 3 is 2.61 bits per heavy atom. The van der Waals surface area contributed by atoms with E-state index in [1.165, 1.54) is 12.8 Å². The van der Waals surface area contributed by atoms with Crippen molar-refractivity contribution in [1.29, 1.82) is 5.26 Å². The highest BCUT2D eigenvalue weighted by atomic mass is 15.2. The summed E-state index contributed by atoms with van der Waals surface area (Å²) >= 11 is 0. The number of nitrogen functional groups attached to an aromatic ring is 1. The van der Waals surface area contributed by atoms with Crippen LogP contribution in [0.3, 0.4) is 0 Å². The lowest BCUT2D eigenvalue weighted by Gasteiger charge is -2.50. The molecule has 1 aromatic rings. The highest BCUT2D eigenvalue weighted by Gasteiger charge is 2.45. The Kier molecular flexibility index (Phi) is 2.62.